The Hall–Kier alpha value is -5.60. The highest BCUT2D eigenvalue weighted by Crippen LogP contribution is 2.48. The van der Waals surface area contributed by atoms with Crippen molar-refractivity contribution in [3.05, 3.63) is 146 Å². The van der Waals surface area contributed by atoms with Gasteiger partial charge in [0, 0.05) is 27.3 Å². The molecule has 7 aromatic carbocycles. The van der Waals surface area contributed by atoms with Gasteiger partial charge in [-0.05, 0) is 62.0 Å². The Morgan fingerprint density at radius 3 is 1.55 bits per heavy atom. The number of para-hydroxylation sites is 1. The van der Waals surface area contributed by atoms with Crippen LogP contribution in [0.4, 0.5) is 0 Å². The number of hydrogen-bond donors (Lipinski definition) is 0. The average Bonchev–Trinajstić information content (AvgIpc) is 3.66. The lowest BCUT2D eigenvalue weighted by Crippen LogP contribution is -1.92. The second-order valence-corrected chi connectivity index (χ2v) is 10.8. The monoisotopic (exact) mass is 536 g/mol. The van der Waals surface area contributed by atoms with E-state index in [0.717, 1.165) is 38.5 Å². The molecule has 0 saturated heterocycles. The third-order valence-electron chi connectivity index (χ3n) is 8.57. The standard InChI is InChI=1S/C40H24O2/c1-2-12-25(13-3-1)26-14-4-5-16-28(26)37-29-17-6-8-19-31(29)38(32-20-9-7-18-30(32)37)35-24-41-39-34(35)23-22-33-27-15-10-11-21-36(27)42-40(33)39/h1-24H. The zero-order valence-electron chi connectivity index (χ0n) is 22.7. The summed E-state index contributed by atoms with van der Waals surface area (Å²) in [4.78, 5) is 0. The Balaban J connectivity index is 1.39. The number of hydrogen-bond acceptors (Lipinski definition) is 2. The van der Waals surface area contributed by atoms with Gasteiger partial charge in [-0.3, -0.25) is 0 Å². The molecule has 0 aliphatic carbocycles. The first-order valence-corrected chi connectivity index (χ1v) is 14.3. The van der Waals surface area contributed by atoms with Crippen LogP contribution in [0.15, 0.2) is 155 Å². The molecule has 0 unspecified atom stereocenters. The Labute approximate surface area is 242 Å². The summed E-state index contributed by atoms with van der Waals surface area (Å²) in [6.07, 6.45) is 1.91. The van der Waals surface area contributed by atoms with E-state index in [4.69, 9.17) is 8.83 Å². The first-order valence-electron chi connectivity index (χ1n) is 14.3. The summed E-state index contributed by atoms with van der Waals surface area (Å²) in [5.74, 6) is 0. The number of fused-ring (bicyclic) bond motifs is 7. The van der Waals surface area contributed by atoms with Gasteiger partial charge in [-0.2, -0.15) is 0 Å². The van der Waals surface area contributed by atoms with Gasteiger partial charge in [-0.1, -0.05) is 121 Å². The van der Waals surface area contributed by atoms with Crippen molar-refractivity contribution >= 4 is 54.5 Å². The number of rotatable bonds is 3. The van der Waals surface area contributed by atoms with Crippen molar-refractivity contribution in [2.75, 3.05) is 0 Å². The molecule has 0 saturated carbocycles. The van der Waals surface area contributed by atoms with E-state index in [0.29, 0.717) is 0 Å². The maximum atomic E-state index is 6.34. The smallest absolute Gasteiger partial charge is 0.178 e. The lowest BCUT2D eigenvalue weighted by molar-refractivity contribution is 0.601. The van der Waals surface area contributed by atoms with Crippen LogP contribution in [0.5, 0.6) is 0 Å². The first kappa shape index (κ1) is 23.1. The molecule has 0 aliphatic heterocycles. The Morgan fingerprint density at radius 2 is 0.857 bits per heavy atom. The van der Waals surface area contributed by atoms with Crippen molar-refractivity contribution in [1.29, 1.82) is 0 Å². The van der Waals surface area contributed by atoms with Gasteiger partial charge in [0.1, 0.15) is 5.58 Å². The van der Waals surface area contributed by atoms with E-state index in [1.54, 1.807) is 0 Å². The normalized spacial score (nSPS) is 11.8. The topological polar surface area (TPSA) is 26.3 Å². The lowest BCUT2D eigenvalue weighted by atomic mass is 9.84. The molecule has 0 bridgehead atoms. The Bertz CT molecular complexity index is 2400. The molecular formula is C40H24O2. The molecule has 42 heavy (non-hydrogen) atoms. The molecule has 0 fully saturated rings. The van der Waals surface area contributed by atoms with E-state index >= 15 is 0 Å². The van der Waals surface area contributed by atoms with Gasteiger partial charge < -0.3 is 8.83 Å². The summed E-state index contributed by atoms with van der Waals surface area (Å²) < 4.78 is 12.7. The molecule has 9 rings (SSSR count). The largest absolute Gasteiger partial charge is 0.460 e. The van der Waals surface area contributed by atoms with E-state index in [1.165, 1.54) is 49.4 Å². The maximum absolute atomic E-state index is 6.34. The maximum Gasteiger partial charge on any atom is 0.178 e. The van der Waals surface area contributed by atoms with E-state index in [1.807, 2.05) is 24.5 Å². The van der Waals surface area contributed by atoms with E-state index in [2.05, 4.69) is 121 Å². The molecule has 2 aromatic heterocycles. The Morgan fingerprint density at radius 1 is 0.333 bits per heavy atom. The van der Waals surface area contributed by atoms with Crippen LogP contribution in [0.1, 0.15) is 0 Å². The van der Waals surface area contributed by atoms with Gasteiger partial charge in [-0.15, -0.1) is 0 Å². The molecule has 2 heterocycles. The first-order chi connectivity index (χ1) is 20.9. The Kier molecular flexibility index (Phi) is 4.93. The molecule has 196 valence electrons. The van der Waals surface area contributed by atoms with E-state index < -0.39 is 0 Å². The fourth-order valence-corrected chi connectivity index (χ4v) is 6.75. The van der Waals surface area contributed by atoms with Gasteiger partial charge in [0.25, 0.3) is 0 Å². The van der Waals surface area contributed by atoms with Crippen LogP contribution in [0.3, 0.4) is 0 Å². The summed E-state index contributed by atoms with van der Waals surface area (Å²) >= 11 is 0. The molecule has 2 heteroatoms. The minimum absolute atomic E-state index is 0.783. The van der Waals surface area contributed by atoms with Crippen LogP contribution in [-0.4, -0.2) is 0 Å². The fourth-order valence-electron chi connectivity index (χ4n) is 6.75. The minimum atomic E-state index is 0.783. The van der Waals surface area contributed by atoms with Crippen molar-refractivity contribution in [2.24, 2.45) is 0 Å². The van der Waals surface area contributed by atoms with Crippen molar-refractivity contribution in [3.63, 3.8) is 0 Å². The molecule has 2 nitrogen and oxygen atoms in total. The van der Waals surface area contributed by atoms with Crippen LogP contribution in [0.2, 0.25) is 0 Å². The zero-order valence-corrected chi connectivity index (χ0v) is 22.7. The summed E-state index contributed by atoms with van der Waals surface area (Å²) in [6, 6.07) is 49.4. The van der Waals surface area contributed by atoms with Crippen molar-refractivity contribution in [2.45, 2.75) is 0 Å². The average molecular weight is 537 g/mol. The zero-order chi connectivity index (χ0) is 27.6. The minimum Gasteiger partial charge on any atom is -0.460 e. The van der Waals surface area contributed by atoms with Crippen LogP contribution in [0, 0.1) is 0 Å². The lowest BCUT2D eigenvalue weighted by Gasteiger charge is -2.19. The van der Waals surface area contributed by atoms with Crippen LogP contribution in [0.25, 0.3) is 87.8 Å². The number of benzene rings is 7. The summed E-state index contributed by atoms with van der Waals surface area (Å²) in [5.41, 5.74) is 9.60. The summed E-state index contributed by atoms with van der Waals surface area (Å²) in [6.45, 7) is 0. The second-order valence-electron chi connectivity index (χ2n) is 10.8. The summed E-state index contributed by atoms with van der Waals surface area (Å²) in [5, 5.41) is 8.05. The van der Waals surface area contributed by atoms with Gasteiger partial charge in [0.05, 0.1) is 6.26 Å². The third-order valence-corrected chi connectivity index (χ3v) is 8.57. The molecule has 0 atom stereocenters. The SMILES string of the molecule is c1ccc(-c2ccccc2-c2c3ccccc3c(-c3coc4c3ccc3c5ccccc5oc34)c3ccccc23)cc1. The van der Waals surface area contributed by atoms with E-state index in [-0.39, 0.29) is 0 Å². The van der Waals surface area contributed by atoms with Crippen LogP contribution < -0.4 is 0 Å². The fraction of sp³-hybridized carbons (Fsp3) is 0. The highest BCUT2D eigenvalue weighted by molar-refractivity contribution is 6.25. The highest BCUT2D eigenvalue weighted by Gasteiger charge is 2.22. The van der Waals surface area contributed by atoms with Crippen molar-refractivity contribution < 1.29 is 8.83 Å². The number of furan rings is 2. The molecule has 0 radical (unpaired) electrons. The molecule has 0 N–H and O–H groups in total. The van der Waals surface area contributed by atoms with Crippen molar-refractivity contribution in [1.82, 2.24) is 0 Å². The molecule has 0 spiro atoms. The quantitative estimate of drug-likeness (QED) is 0.210. The molecule has 0 aliphatic rings. The highest BCUT2D eigenvalue weighted by atomic mass is 16.4. The third kappa shape index (κ3) is 3.27. The predicted octanol–water partition coefficient (Wildman–Crippen LogP) is 11.6. The van der Waals surface area contributed by atoms with Crippen LogP contribution in [-0.2, 0) is 0 Å². The predicted molar refractivity (Wildman–Crippen MR) is 175 cm³/mol. The van der Waals surface area contributed by atoms with Gasteiger partial charge >= 0.3 is 0 Å². The van der Waals surface area contributed by atoms with Crippen molar-refractivity contribution in [3.8, 4) is 33.4 Å². The van der Waals surface area contributed by atoms with Crippen LogP contribution >= 0.6 is 0 Å². The molecular weight excluding hydrogens is 512 g/mol. The van der Waals surface area contributed by atoms with Gasteiger partial charge in [0.2, 0.25) is 0 Å². The molecule has 9 aromatic rings. The molecule has 0 amide bonds. The summed E-state index contributed by atoms with van der Waals surface area (Å²) in [7, 11) is 0. The van der Waals surface area contributed by atoms with E-state index in [9.17, 15) is 0 Å². The second kappa shape index (κ2) is 8.95. The van der Waals surface area contributed by atoms with Gasteiger partial charge in [0.15, 0.2) is 11.2 Å². The van der Waals surface area contributed by atoms with Gasteiger partial charge in [-0.25, -0.2) is 0 Å².